The molecule has 0 bridgehead atoms. The van der Waals surface area contributed by atoms with Crippen LogP contribution in [0.4, 0.5) is 0 Å². The summed E-state index contributed by atoms with van der Waals surface area (Å²) in [7, 11) is 0. The molecule has 0 atom stereocenters. The summed E-state index contributed by atoms with van der Waals surface area (Å²) in [6, 6.07) is 57.4. The minimum atomic E-state index is -0.0686. The van der Waals surface area contributed by atoms with Crippen LogP contribution in [0.5, 0.6) is 0 Å². The Labute approximate surface area is 312 Å². The van der Waals surface area contributed by atoms with Crippen LogP contribution < -0.4 is 0 Å². The van der Waals surface area contributed by atoms with Gasteiger partial charge in [0.25, 0.3) is 0 Å². The predicted molar refractivity (Wildman–Crippen MR) is 221 cm³/mol. The molecule has 0 amide bonds. The van der Waals surface area contributed by atoms with Crippen LogP contribution in [0.1, 0.15) is 25.0 Å². The van der Waals surface area contributed by atoms with Gasteiger partial charge < -0.3 is 4.42 Å². The monoisotopic (exact) mass is 691 g/mol. The van der Waals surface area contributed by atoms with Gasteiger partial charge in [-0.25, -0.2) is 15.0 Å². The van der Waals surface area contributed by atoms with Gasteiger partial charge in [-0.1, -0.05) is 141 Å². The minimum Gasteiger partial charge on any atom is -0.455 e. The topological polar surface area (TPSA) is 51.8 Å². The molecule has 0 spiro atoms. The zero-order chi connectivity index (χ0) is 36.0. The first kappa shape index (κ1) is 30.7. The zero-order valence-corrected chi connectivity index (χ0v) is 29.8. The number of hydrogen-bond acceptors (Lipinski definition) is 4. The summed E-state index contributed by atoms with van der Waals surface area (Å²) in [5.74, 6) is 0.623. The molecule has 54 heavy (non-hydrogen) atoms. The summed E-state index contributed by atoms with van der Waals surface area (Å²) >= 11 is 0. The van der Waals surface area contributed by atoms with Crippen molar-refractivity contribution in [3.05, 3.63) is 175 Å². The van der Waals surface area contributed by atoms with Gasteiger partial charge in [-0.05, 0) is 58.7 Å². The normalized spacial score (nSPS) is 13.1. The number of hydrogen-bond donors (Lipinski definition) is 0. The van der Waals surface area contributed by atoms with E-state index in [1.54, 1.807) is 0 Å². The fourth-order valence-electron chi connectivity index (χ4n) is 8.67. The summed E-state index contributed by atoms with van der Waals surface area (Å²) in [5.41, 5.74) is 14.4. The van der Waals surface area contributed by atoms with Gasteiger partial charge in [0.15, 0.2) is 5.82 Å². The van der Waals surface area contributed by atoms with Gasteiger partial charge in [-0.15, -0.1) is 0 Å². The largest absolute Gasteiger partial charge is 0.455 e. The van der Waals surface area contributed by atoms with E-state index in [2.05, 4.69) is 166 Å². The average molecular weight is 692 g/mol. The van der Waals surface area contributed by atoms with E-state index in [9.17, 15) is 0 Å². The predicted octanol–water partition coefficient (Wildman–Crippen LogP) is 13.1. The van der Waals surface area contributed by atoms with E-state index < -0.39 is 0 Å². The summed E-state index contributed by atoms with van der Waals surface area (Å²) < 4.78 is 6.85. The SMILES string of the molecule is CC1(C)c2ccccc2-c2cc(-c3cc(-c4ccccc4)nc(-c4cccc5c4oc4ccc6c(-c7ccccc7)nc7ccccc7c6c45)n3)ccc21. The second kappa shape index (κ2) is 11.5. The molecule has 0 aliphatic heterocycles. The maximum absolute atomic E-state index is 6.85. The Hall–Kier alpha value is -6.91. The standard InChI is InChI=1S/C50H33N3O/c1-50(2)39-22-11-9-18-33(39)38-28-32(24-26-40(38)50)43-29-42(30-14-5-3-6-15-30)52-49(53-43)37-21-13-20-36-46-44(54-48(36)37)27-25-35-45(46)34-19-10-12-23-41(34)51-47(35)31-16-7-4-8-17-31/h3-29H,1-2H3. The second-order valence-corrected chi connectivity index (χ2v) is 14.7. The Morgan fingerprint density at radius 3 is 1.94 bits per heavy atom. The van der Waals surface area contributed by atoms with Crippen molar-refractivity contribution in [2.24, 2.45) is 0 Å². The van der Waals surface area contributed by atoms with E-state index in [0.717, 1.165) is 82.9 Å². The van der Waals surface area contributed by atoms with Crippen molar-refractivity contribution in [2.45, 2.75) is 19.3 Å². The highest BCUT2D eigenvalue weighted by atomic mass is 16.3. The lowest BCUT2D eigenvalue weighted by molar-refractivity contribution is 0.660. The Morgan fingerprint density at radius 2 is 1.11 bits per heavy atom. The highest BCUT2D eigenvalue weighted by Gasteiger charge is 2.35. The first-order valence-electron chi connectivity index (χ1n) is 18.4. The molecule has 0 unspecified atom stereocenters. The van der Waals surface area contributed by atoms with Crippen LogP contribution in [0.25, 0.3) is 99.9 Å². The fraction of sp³-hybridized carbons (Fsp3) is 0.0600. The fourth-order valence-corrected chi connectivity index (χ4v) is 8.67. The van der Waals surface area contributed by atoms with Crippen molar-refractivity contribution in [1.29, 1.82) is 0 Å². The molecule has 0 fully saturated rings. The molecule has 0 radical (unpaired) electrons. The molecule has 1 aliphatic carbocycles. The molecular weight excluding hydrogens is 659 g/mol. The number of aromatic nitrogens is 3. The molecule has 3 aromatic heterocycles. The number of fused-ring (bicyclic) bond motifs is 10. The Kier molecular flexibility index (Phi) is 6.56. The van der Waals surface area contributed by atoms with Crippen LogP contribution >= 0.6 is 0 Å². The maximum Gasteiger partial charge on any atom is 0.164 e. The Bertz CT molecular complexity index is 3120. The smallest absolute Gasteiger partial charge is 0.164 e. The molecule has 10 aromatic rings. The van der Waals surface area contributed by atoms with Gasteiger partial charge >= 0.3 is 0 Å². The zero-order valence-electron chi connectivity index (χ0n) is 29.8. The van der Waals surface area contributed by atoms with Crippen LogP contribution in [0.2, 0.25) is 0 Å². The van der Waals surface area contributed by atoms with Gasteiger partial charge in [-0.2, -0.15) is 0 Å². The van der Waals surface area contributed by atoms with Gasteiger partial charge in [0.1, 0.15) is 11.2 Å². The lowest BCUT2D eigenvalue weighted by atomic mass is 9.82. The maximum atomic E-state index is 6.85. The number of para-hydroxylation sites is 2. The van der Waals surface area contributed by atoms with Gasteiger partial charge in [-0.3, -0.25) is 0 Å². The first-order chi connectivity index (χ1) is 26.5. The lowest BCUT2D eigenvalue weighted by Gasteiger charge is -2.21. The Morgan fingerprint density at radius 1 is 0.444 bits per heavy atom. The van der Waals surface area contributed by atoms with E-state index >= 15 is 0 Å². The summed E-state index contributed by atoms with van der Waals surface area (Å²) in [6.45, 7) is 4.62. The molecule has 4 heteroatoms. The molecule has 4 nitrogen and oxygen atoms in total. The van der Waals surface area contributed by atoms with Gasteiger partial charge in [0, 0.05) is 49.0 Å². The van der Waals surface area contributed by atoms with Crippen LogP contribution in [0, 0.1) is 0 Å². The first-order valence-corrected chi connectivity index (χ1v) is 18.4. The number of rotatable bonds is 4. The van der Waals surface area contributed by atoms with E-state index in [0.29, 0.717) is 5.82 Å². The highest BCUT2D eigenvalue weighted by molar-refractivity contribution is 6.28. The number of benzene rings is 7. The van der Waals surface area contributed by atoms with Crippen LogP contribution in [0.3, 0.4) is 0 Å². The summed E-state index contributed by atoms with van der Waals surface area (Å²) in [5, 5.41) is 5.41. The van der Waals surface area contributed by atoms with Gasteiger partial charge in [0.05, 0.1) is 28.2 Å². The molecule has 7 aromatic carbocycles. The molecular formula is C50H33N3O. The number of nitrogens with zero attached hydrogens (tertiary/aromatic N) is 3. The third-order valence-corrected chi connectivity index (χ3v) is 11.3. The minimum absolute atomic E-state index is 0.0686. The molecule has 0 saturated carbocycles. The van der Waals surface area contributed by atoms with E-state index in [1.807, 2.05) is 12.1 Å². The molecule has 1 aliphatic rings. The molecule has 11 rings (SSSR count). The average Bonchev–Trinajstić information content (AvgIpc) is 3.73. The third-order valence-electron chi connectivity index (χ3n) is 11.3. The van der Waals surface area contributed by atoms with Crippen LogP contribution in [-0.2, 0) is 5.41 Å². The third kappa shape index (κ3) is 4.53. The van der Waals surface area contributed by atoms with Crippen LogP contribution in [0.15, 0.2) is 168 Å². The van der Waals surface area contributed by atoms with E-state index in [1.165, 1.54) is 22.3 Å². The second-order valence-electron chi connectivity index (χ2n) is 14.7. The number of furan rings is 1. The van der Waals surface area contributed by atoms with Crippen molar-refractivity contribution in [3.63, 3.8) is 0 Å². The van der Waals surface area contributed by atoms with Crippen molar-refractivity contribution >= 4 is 43.6 Å². The van der Waals surface area contributed by atoms with Crippen molar-refractivity contribution in [2.75, 3.05) is 0 Å². The quantitative estimate of drug-likeness (QED) is 0.172. The van der Waals surface area contributed by atoms with Gasteiger partial charge in [0.2, 0.25) is 0 Å². The molecule has 0 saturated heterocycles. The van der Waals surface area contributed by atoms with Crippen molar-refractivity contribution in [1.82, 2.24) is 15.0 Å². The number of pyridine rings is 1. The summed E-state index contributed by atoms with van der Waals surface area (Å²) in [6.07, 6.45) is 0. The highest BCUT2D eigenvalue weighted by Crippen LogP contribution is 2.50. The molecule has 0 N–H and O–H groups in total. The molecule has 3 heterocycles. The summed E-state index contributed by atoms with van der Waals surface area (Å²) in [4.78, 5) is 15.7. The lowest BCUT2D eigenvalue weighted by Crippen LogP contribution is -2.14. The van der Waals surface area contributed by atoms with E-state index in [4.69, 9.17) is 19.4 Å². The van der Waals surface area contributed by atoms with Crippen molar-refractivity contribution < 1.29 is 4.42 Å². The molecule has 254 valence electrons. The van der Waals surface area contributed by atoms with Crippen molar-refractivity contribution in [3.8, 4) is 56.3 Å². The van der Waals surface area contributed by atoms with Crippen LogP contribution in [-0.4, -0.2) is 15.0 Å². The van der Waals surface area contributed by atoms with E-state index in [-0.39, 0.29) is 5.41 Å². The Balaban J connectivity index is 1.16.